The van der Waals surface area contributed by atoms with Crippen molar-refractivity contribution >= 4 is 40.2 Å². The number of likely N-dealkylation sites (tertiary alicyclic amines) is 1. The zero-order valence-corrected chi connectivity index (χ0v) is 34.9. The smallest absolute Gasteiger partial charge is 0.411 e. The summed E-state index contributed by atoms with van der Waals surface area (Å²) in [6.07, 6.45) is 0.127. The molecule has 0 aliphatic carbocycles. The number of phenolic OH excluding ortho intramolecular Hbond substituents is 1. The number of piperidine rings is 1. The van der Waals surface area contributed by atoms with Crippen LogP contribution in [0.2, 0.25) is 0 Å². The number of rotatable bonds is 15. The Balaban J connectivity index is 0.823. The van der Waals surface area contributed by atoms with E-state index >= 15 is 0 Å². The van der Waals surface area contributed by atoms with Crippen LogP contribution >= 0.6 is 0 Å². The van der Waals surface area contributed by atoms with Crippen LogP contribution in [0.4, 0.5) is 16.2 Å². The number of nitrogens with zero attached hydrogens (tertiary/aromatic N) is 1. The molecule has 320 valence electrons. The zero-order chi connectivity index (χ0) is 43.6. The molecule has 0 bridgehead atoms. The first kappa shape index (κ1) is 43.3. The van der Waals surface area contributed by atoms with Crippen LogP contribution in [0.1, 0.15) is 63.5 Å². The van der Waals surface area contributed by atoms with E-state index in [1.807, 2.05) is 86.6 Å². The average molecular weight is 837 g/mol. The molecule has 6 aromatic rings. The lowest BCUT2D eigenvalue weighted by molar-refractivity contribution is -0.121. The normalized spacial score (nSPS) is 13.7. The van der Waals surface area contributed by atoms with Gasteiger partial charge < -0.3 is 40.8 Å². The van der Waals surface area contributed by atoms with E-state index < -0.39 is 12.2 Å². The number of benzene rings is 5. The molecule has 1 aliphatic heterocycles. The molecule has 0 unspecified atom stereocenters. The van der Waals surface area contributed by atoms with Gasteiger partial charge in [-0.25, -0.2) is 4.79 Å². The number of nitrogens with one attached hydrogen (secondary N) is 5. The highest BCUT2D eigenvalue weighted by Gasteiger charge is 2.23. The number of phenols is 1. The lowest BCUT2D eigenvalue weighted by Gasteiger charge is -2.31. The van der Waals surface area contributed by atoms with Crippen LogP contribution in [0, 0.1) is 13.8 Å². The van der Waals surface area contributed by atoms with Gasteiger partial charge in [0.1, 0.15) is 11.9 Å². The van der Waals surface area contributed by atoms with Crippen LogP contribution in [0.15, 0.2) is 120 Å². The first-order chi connectivity index (χ1) is 30.0. The van der Waals surface area contributed by atoms with Crippen molar-refractivity contribution < 1.29 is 29.3 Å². The van der Waals surface area contributed by atoms with E-state index in [2.05, 4.69) is 31.2 Å². The third-order valence-corrected chi connectivity index (χ3v) is 11.2. The Morgan fingerprint density at radius 1 is 0.823 bits per heavy atom. The predicted molar refractivity (Wildman–Crippen MR) is 241 cm³/mol. The van der Waals surface area contributed by atoms with Gasteiger partial charge in [0.2, 0.25) is 11.5 Å². The van der Waals surface area contributed by atoms with Crippen molar-refractivity contribution in [3.05, 3.63) is 159 Å². The van der Waals surface area contributed by atoms with Crippen molar-refractivity contribution in [3.8, 4) is 16.9 Å². The van der Waals surface area contributed by atoms with Crippen LogP contribution in [-0.4, -0.2) is 70.3 Å². The molecule has 5 aromatic carbocycles. The second-order valence-electron chi connectivity index (χ2n) is 15.7. The summed E-state index contributed by atoms with van der Waals surface area (Å²) in [5.41, 5.74) is 7.95. The number of fused-ring (bicyclic) bond motifs is 1. The van der Waals surface area contributed by atoms with E-state index in [0.717, 1.165) is 46.5 Å². The van der Waals surface area contributed by atoms with Crippen LogP contribution in [0.3, 0.4) is 0 Å². The second kappa shape index (κ2) is 20.2. The maximum absolute atomic E-state index is 13.4. The summed E-state index contributed by atoms with van der Waals surface area (Å²) in [5.74, 6) is -0.415. The molecule has 1 saturated heterocycles. The van der Waals surface area contributed by atoms with E-state index in [1.54, 1.807) is 30.3 Å². The number of pyridine rings is 1. The third kappa shape index (κ3) is 11.1. The topological polar surface area (TPSA) is 185 Å². The fourth-order valence-corrected chi connectivity index (χ4v) is 7.77. The maximum atomic E-state index is 13.4. The number of carbonyl (C=O) groups is 3. The number of hydrogen-bond acceptors (Lipinski definition) is 9. The SMILES string of the molecule is Cc1cc(NC(=O)c2cccc(CNC(=O)CCN3CCC(OC(=O)Nc4ccccc4-c4ccccc4)CC3)c2)c(C)cc1CNC[C@H](O)c1ccc(O)c2[nH]c(=O)ccc12. The Morgan fingerprint density at radius 3 is 2.40 bits per heavy atom. The molecule has 7 N–H and O–H groups in total. The highest BCUT2D eigenvalue weighted by Crippen LogP contribution is 2.30. The highest BCUT2D eigenvalue weighted by atomic mass is 16.6. The molecule has 1 fully saturated rings. The molecular formula is C49H52N6O7. The monoisotopic (exact) mass is 836 g/mol. The van der Waals surface area contributed by atoms with Gasteiger partial charge in [-0.2, -0.15) is 0 Å². The van der Waals surface area contributed by atoms with E-state index in [0.29, 0.717) is 60.2 Å². The number of aromatic nitrogens is 1. The van der Waals surface area contributed by atoms with Gasteiger partial charge in [0.15, 0.2) is 0 Å². The minimum atomic E-state index is -0.887. The fraction of sp³-hybridized carbons (Fsp3) is 0.265. The van der Waals surface area contributed by atoms with Gasteiger partial charge in [-0.15, -0.1) is 0 Å². The number of aliphatic hydroxyl groups is 1. The molecule has 62 heavy (non-hydrogen) atoms. The summed E-state index contributed by atoms with van der Waals surface area (Å²) in [7, 11) is 0. The number of aliphatic hydroxyl groups excluding tert-OH is 1. The van der Waals surface area contributed by atoms with E-state index in [1.165, 1.54) is 12.1 Å². The molecule has 1 aromatic heterocycles. The largest absolute Gasteiger partial charge is 0.506 e. The number of H-pyrrole nitrogens is 1. The Bertz CT molecular complexity index is 2600. The maximum Gasteiger partial charge on any atom is 0.411 e. The summed E-state index contributed by atoms with van der Waals surface area (Å²) in [4.78, 5) is 55.6. The molecule has 3 amide bonds. The summed E-state index contributed by atoms with van der Waals surface area (Å²) in [6, 6.07) is 34.7. The van der Waals surface area contributed by atoms with Crippen LogP contribution < -0.4 is 26.8 Å². The van der Waals surface area contributed by atoms with Crippen LogP contribution in [-0.2, 0) is 22.6 Å². The van der Waals surface area contributed by atoms with E-state index in [4.69, 9.17) is 4.74 Å². The minimum Gasteiger partial charge on any atom is -0.506 e. The quantitative estimate of drug-likeness (QED) is 0.0557. The number of carbonyl (C=O) groups excluding carboxylic acids is 3. The Labute approximate surface area is 360 Å². The van der Waals surface area contributed by atoms with E-state index in [9.17, 15) is 29.4 Å². The van der Waals surface area contributed by atoms with Gasteiger partial charge in [-0.05, 0) is 96.5 Å². The van der Waals surface area contributed by atoms with Crippen molar-refractivity contribution in [3.63, 3.8) is 0 Å². The van der Waals surface area contributed by atoms with Gasteiger partial charge in [0.25, 0.3) is 5.91 Å². The molecule has 13 nitrogen and oxygen atoms in total. The number of ether oxygens (including phenoxy) is 1. The Hall–Kier alpha value is -6.80. The number of para-hydroxylation sites is 1. The van der Waals surface area contributed by atoms with E-state index in [-0.39, 0.29) is 47.8 Å². The zero-order valence-electron chi connectivity index (χ0n) is 34.9. The molecule has 1 atom stereocenters. The van der Waals surface area contributed by atoms with Crippen LogP contribution in [0.25, 0.3) is 22.0 Å². The molecule has 13 heteroatoms. The van der Waals surface area contributed by atoms with Crippen molar-refractivity contribution in [2.45, 2.75) is 58.4 Å². The molecule has 0 saturated carbocycles. The Morgan fingerprint density at radius 2 is 1.60 bits per heavy atom. The van der Waals surface area contributed by atoms with Crippen molar-refractivity contribution in [2.75, 3.05) is 36.8 Å². The lowest BCUT2D eigenvalue weighted by atomic mass is 10.0. The third-order valence-electron chi connectivity index (χ3n) is 11.2. The molecular weight excluding hydrogens is 785 g/mol. The summed E-state index contributed by atoms with van der Waals surface area (Å²) in [5, 5.41) is 33.9. The lowest BCUT2D eigenvalue weighted by Crippen LogP contribution is -2.40. The molecule has 7 rings (SSSR count). The highest BCUT2D eigenvalue weighted by molar-refractivity contribution is 6.05. The second-order valence-corrected chi connectivity index (χ2v) is 15.7. The number of hydrogen-bond donors (Lipinski definition) is 7. The van der Waals surface area contributed by atoms with Gasteiger partial charge >= 0.3 is 6.09 Å². The predicted octanol–water partition coefficient (Wildman–Crippen LogP) is 7.31. The first-order valence-electron chi connectivity index (χ1n) is 20.9. The summed E-state index contributed by atoms with van der Waals surface area (Å²) >= 11 is 0. The van der Waals surface area contributed by atoms with Gasteiger partial charge in [0, 0.05) is 74.0 Å². The number of aryl methyl sites for hydroxylation is 2. The average Bonchev–Trinajstić information content (AvgIpc) is 3.27. The van der Waals surface area contributed by atoms with Crippen molar-refractivity contribution in [2.24, 2.45) is 0 Å². The first-order valence-corrected chi connectivity index (χ1v) is 20.9. The van der Waals surface area contributed by atoms with Crippen molar-refractivity contribution in [1.29, 1.82) is 0 Å². The molecule has 2 heterocycles. The molecule has 0 radical (unpaired) electrons. The number of amides is 3. The Kier molecular flexibility index (Phi) is 14.1. The standard InChI is InChI=1S/C49H52N6O7/c1-31-26-42(32(2)25-36(31)29-50-30-44(57)39-15-17-43(56)47-40(39)16-18-46(59)54-47)52-48(60)35-12-8-9-33(27-35)28-51-45(58)21-24-55-22-19-37(20-23-55)62-49(61)53-41-14-7-6-13-38(41)34-10-4-3-5-11-34/h3-18,25-27,37,44,50,56-57H,19-24,28-30H2,1-2H3,(H,51,58)(H,52,60)(H,53,61)(H,54,59)/t44-/m0/s1. The number of aromatic hydroxyl groups is 1. The minimum absolute atomic E-state index is 0.0633. The van der Waals surface area contributed by atoms with Gasteiger partial charge in [-0.1, -0.05) is 72.8 Å². The molecule has 1 aliphatic rings. The molecule has 0 spiro atoms. The van der Waals surface area contributed by atoms with Gasteiger partial charge in [-0.3, -0.25) is 19.7 Å². The van der Waals surface area contributed by atoms with Gasteiger partial charge in [0.05, 0.1) is 17.3 Å². The van der Waals surface area contributed by atoms with Crippen LogP contribution in [0.5, 0.6) is 5.75 Å². The number of aromatic amines is 1. The summed E-state index contributed by atoms with van der Waals surface area (Å²) < 4.78 is 5.76. The van der Waals surface area contributed by atoms with Crippen molar-refractivity contribution in [1.82, 2.24) is 20.5 Å². The fourth-order valence-electron chi connectivity index (χ4n) is 7.77. The summed E-state index contributed by atoms with van der Waals surface area (Å²) in [6.45, 7) is 6.90. The number of anilines is 2.